The number of hydrogen-bond donors (Lipinski definition) is 0. The number of aromatic nitrogens is 2. The van der Waals surface area contributed by atoms with Crippen molar-refractivity contribution in [1.82, 2.24) is 19.4 Å². The summed E-state index contributed by atoms with van der Waals surface area (Å²) in [7, 11) is 0. The molecule has 2 aliphatic heterocycles. The first kappa shape index (κ1) is 19.3. The number of rotatable bonds is 5. The first-order valence-corrected chi connectivity index (χ1v) is 11.2. The Hall–Kier alpha value is -2.66. The van der Waals surface area contributed by atoms with E-state index in [1.54, 1.807) is 0 Å². The number of amides is 1. The number of hydrogen-bond acceptors (Lipinski definition) is 3. The summed E-state index contributed by atoms with van der Waals surface area (Å²) >= 11 is 0. The molecule has 0 bridgehead atoms. The van der Waals surface area contributed by atoms with Crippen molar-refractivity contribution in [2.75, 3.05) is 13.1 Å². The van der Waals surface area contributed by atoms with E-state index in [1.807, 2.05) is 25.1 Å². The van der Waals surface area contributed by atoms with Crippen molar-refractivity contribution in [3.05, 3.63) is 66.0 Å². The lowest BCUT2D eigenvalue weighted by atomic mass is 10.0. The van der Waals surface area contributed by atoms with Crippen molar-refractivity contribution < 1.29 is 4.79 Å². The topological polar surface area (TPSA) is 41.4 Å². The van der Waals surface area contributed by atoms with Gasteiger partial charge in [-0.25, -0.2) is 4.98 Å². The fourth-order valence-electron chi connectivity index (χ4n) is 5.43. The molecule has 0 N–H and O–H groups in total. The third-order valence-electron chi connectivity index (χ3n) is 6.85. The van der Waals surface area contributed by atoms with Gasteiger partial charge in [-0.2, -0.15) is 0 Å². The summed E-state index contributed by atoms with van der Waals surface area (Å²) in [5.74, 6) is 1.14. The predicted octanol–water partition coefficient (Wildman–Crippen LogP) is 4.00. The standard InChI is InChI=1S/C25H30N4O/c1-19-26-21-11-5-6-12-22(21)29(19)18-25(30)28-16-8-14-24(28)23-13-7-15-27(23)17-20-9-3-2-4-10-20/h2-6,9-12,23-24H,7-8,13-18H2,1H3/t23-,24-/m0/s1. The Labute approximate surface area is 178 Å². The molecule has 3 aromatic rings. The van der Waals surface area contributed by atoms with Crippen LogP contribution in [0.1, 0.15) is 37.1 Å². The predicted molar refractivity (Wildman–Crippen MR) is 119 cm³/mol. The SMILES string of the molecule is Cc1nc2ccccc2n1CC(=O)N1CCC[C@H]1[C@@H]1CCCN1Cc1ccccc1. The summed E-state index contributed by atoms with van der Waals surface area (Å²) < 4.78 is 2.07. The number of aryl methyl sites for hydroxylation is 1. The van der Waals surface area contributed by atoms with Crippen LogP contribution in [0.5, 0.6) is 0 Å². The van der Waals surface area contributed by atoms with Gasteiger partial charge in [0.05, 0.1) is 11.0 Å². The van der Waals surface area contributed by atoms with Gasteiger partial charge in [0.25, 0.3) is 0 Å². The summed E-state index contributed by atoms with van der Waals surface area (Å²) in [6, 6.07) is 19.6. The number of nitrogens with zero attached hydrogens (tertiary/aromatic N) is 4. The van der Waals surface area contributed by atoms with Crippen LogP contribution in [-0.4, -0.2) is 50.4 Å². The van der Waals surface area contributed by atoms with E-state index < -0.39 is 0 Å². The van der Waals surface area contributed by atoms with Crippen LogP contribution in [0.3, 0.4) is 0 Å². The van der Waals surface area contributed by atoms with Gasteiger partial charge in [0.2, 0.25) is 5.91 Å². The minimum absolute atomic E-state index is 0.232. The second kappa shape index (κ2) is 8.23. The molecule has 0 radical (unpaired) electrons. The Balaban J connectivity index is 1.33. The van der Waals surface area contributed by atoms with Gasteiger partial charge in [-0.05, 0) is 56.8 Å². The molecular weight excluding hydrogens is 372 g/mol. The quantitative estimate of drug-likeness (QED) is 0.648. The molecule has 0 unspecified atom stereocenters. The Bertz CT molecular complexity index is 1030. The van der Waals surface area contributed by atoms with E-state index in [0.29, 0.717) is 18.6 Å². The van der Waals surface area contributed by atoms with E-state index in [-0.39, 0.29) is 5.91 Å². The molecule has 156 valence electrons. The molecular formula is C25H30N4O. The first-order chi connectivity index (χ1) is 14.7. The van der Waals surface area contributed by atoms with Crippen LogP contribution in [0, 0.1) is 6.92 Å². The van der Waals surface area contributed by atoms with Crippen molar-refractivity contribution in [2.24, 2.45) is 0 Å². The lowest BCUT2D eigenvalue weighted by molar-refractivity contribution is -0.133. The number of benzene rings is 2. The molecule has 2 aromatic carbocycles. The monoisotopic (exact) mass is 402 g/mol. The largest absolute Gasteiger partial charge is 0.337 e. The fraction of sp³-hybridized carbons (Fsp3) is 0.440. The average molecular weight is 403 g/mol. The maximum absolute atomic E-state index is 13.4. The van der Waals surface area contributed by atoms with Crippen molar-refractivity contribution >= 4 is 16.9 Å². The van der Waals surface area contributed by atoms with Crippen LogP contribution in [0.2, 0.25) is 0 Å². The number of likely N-dealkylation sites (tertiary alicyclic amines) is 2. The van der Waals surface area contributed by atoms with E-state index in [2.05, 4.69) is 55.7 Å². The van der Waals surface area contributed by atoms with Crippen LogP contribution in [0.25, 0.3) is 11.0 Å². The summed E-state index contributed by atoms with van der Waals surface area (Å²) in [6.07, 6.45) is 4.64. The second-order valence-electron chi connectivity index (χ2n) is 8.70. The third-order valence-corrected chi connectivity index (χ3v) is 6.85. The molecule has 2 fully saturated rings. The van der Waals surface area contributed by atoms with Gasteiger partial charge in [0.1, 0.15) is 12.4 Å². The number of imidazole rings is 1. The Morgan fingerprint density at radius 2 is 1.70 bits per heavy atom. The molecule has 0 saturated carbocycles. The van der Waals surface area contributed by atoms with Crippen molar-refractivity contribution in [3.63, 3.8) is 0 Å². The van der Waals surface area contributed by atoms with E-state index in [0.717, 1.165) is 49.3 Å². The molecule has 3 heterocycles. The molecule has 1 aromatic heterocycles. The lowest BCUT2D eigenvalue weighted by Crippen LogP contribution is -2.48. The van der Waals surface area contributed by atoms with Crippen LogP contribution in [0.15, 0.2) is 54.6 Å². The molecule has 2 saturated heterocycles. The van der Waals surface area contributed by atoms with Crippen molar-refractivity contribution in [2.45, 2.75) is 57.8 Å². The molecule has 2 aliphatic rings. The zero-order valence-corrected chi connectivity index (χ0v) is 17.7. The van der Waals surface area contributed by atoms with Gasteiger partial charge in [-0.15, -0.1) is 0 Å². The maximum Gasteiger partial charge on any atom is 0.242 e. The molecule has 2 atom stereocenters. The molecule has 0 aliphatic carbocycles. The van der Waals surface area contributed by atoms with Gasteiger partial charge < -0.3 is 9.47 Å². The van der Waals surface area contributed by atoms with E-state index in [4.69, 9.17) is 0 Å². The zero-order chi connectivity index (χ0) is 20.5. The van der Waals surface area contributed by atoms with E-state index >= 15 is 0 Å². The highest BCUT2D eigenvalue weighted by atomic mass is 16.2. The average Bonchev–Trinajstić information content (AvgIpc) is 3.48. The van der Waals surface area contributed by atoms with E-state index in [9.17, 15) is 4.79 Å². The summed E-state index contributed by atoms with van der Waals surface area (Å²) in [5.41, 5.74) is 3.37. The first-order valence-electron chi connectivity index (χ1n) is 11.2. The van der Waals surface area contributed by atoms with Gasteiger partial charge in [0.15, 0.2) is 0 Å². The van der Waals surface area contributed by atoms with Crippen LogP contribution in [0.4, 0.5) is 0 Å². The highest BCUT2D eigenvalue weighted by Crippen LogP contribution is 2.31. The third kappa shape index (κ3) is 3.63. The van der Waals surface area contributed by atoms with E-state index in [1.165, 1.54) is 18.4 Å². The molecule has 5 heteroatoms. The summed E-state index contributed by atoms with van der Waals surface area (Å²) in [4.78, 5) is 22.8. The van der Waals surface area contributed by atoms with Crippen LogP contribution >= 0.6 is 0 Å². The number of carbonyl (C=O) groups excluding carboxylic acids is 1. The lowest BCUT2D eigenvalue weighted by Gasteiger charge is -2.35. The summed E-state index contributed by atoms with van der Waals surface area (Å²) in [5, 5.41) is 0. The zero-order valence-electron chi connectivity index (χ0n) is 17.7. The Kier molecular flexibility index (Phi) is 5.30. The molecule has 30 heavy (non-hydrogen) atoms. The Morgan fingerprint density at radius 1 is 0.967 bits per heavy atom. The van der Waals surface area contributed by atoms with Gasteiger partial charge in [0, 0.05) is 25.2 Å². The van der Waals surface area contributed by atoms with Gasteiger partial charge >= 0.3 is 0 Å². The van der Waals surface area contributed by atoms with Gasteiger partial charge in [-0.1, -0.05) is 42.5 Å². The number of carbonyl (C=O) groups is 1. The van der Waals surface area contributed by atoms with Crippen LogP contribution < -0.4 is 0 Å². The fourth-order valence-corrected chi connectivity index (χ4v) is 5.43. The normalized spacial score (nSPS) is 22.2. The van der Waals surface area contributed by atoms with Crippen molar-refractivity contribution in [3.8, 4) is 0 Å². The molecule has 1 amide bonds. The maximum atomic E-state index is 13.4. The Morgan fingerprint density at radius 3 is 2.57 bits per heavy atom. The van der Waals surface area contributed by atoms with Gasteiger partial charge in [-0.3, -0.25) is 9.69 Å². The van der Waals surface area contributed by atoms with Crippen molar-refractivity contribution in [1.29, 1.82) is 0 Å². The molecule has 5 rings (SSSR count). The second-order valence-corrected chi connectivity index (χ2v) is 8.70. The summed E-state index contributed by atoms with van der Waals surface area (Å²) in [6.45, 7) is 5.37. The number of fused-ring (bicyclic) bond motifs is 1. The molecule has 0 spiro atoms. The number of para-hydroxylation sites is 2. The van der Waals surface area contributed by atoms with Crippen LogP contribution in [-0.2, 0) is 17.9 Å². The minimum Gasteiger partial charge on any atom is -0.337 e. The minimum atomic E-state index is 0.232. The highest BCUT2D eigenvalue weighted by Gasteiger charge is 2.39. The smallest absolute Gasteiger partial charge is 0.242 e. The highest BCUT2D eigenvalue weighted by molar-refractivity contribution is 5.81. The molecule has 5 nitrogen and oxygen atoms in total.